The van der Waals surface area contributed by atoms with Gasteiger partial charge in [0.1, 0.15) is 18.1 Å². The maximum atomic E-state index is 13.0. The smallest absolute Gasteiger partial charge is 0.247 e. The number of aliphatic hydroxyl groups is 1. The van der Waals surface area contributed by atoms with Crippen LogP contribution in [0.2, 0.25) is 0 Å². The Hall–Kier alpha value is -3.28. The maximum Gasteiger partial charge on any atom is 0.247 e. The lowest BCUT2D eigenvalue weighted by Crippen LogP contribution is -2.42. The van der Waals surface area contributed by atoms with E-state index < -0.39 is 18.2 Å². The average Bonchev–Trinajstić information content (AvgIpc) is 2.73. The average molecular weight is 373 g/mol. The summed E-state index contributed by atoms with van der Waals surface area (Å²) >= 11 is 0. The van der Waals surface area contributed by atoms with Crippen molar-refractivity contribution >= 4 is 11.7 Å². The van der Waals surface area contributed by atoms with Crippen molar-refractivity contribution in [3.05, 3.63) is 107 Å². The van der Waals surface area contributed by atoms with Crippen LogP contribution in [0.4, 0.5) is 0 Å². The van der Waals surface area contributed by atoms with Gasteiger partial charge in [-0.05, 0) is 23.6 Å². The molecule has 142 valence electrons. The van der Waals surface area contributed by atoms with E-state index in [1.807, 2.05) is 79.7 Å². The van der Waals surface area contributed by atoms with Crippen LogP contribution in [-0.4, -0.2) is 16.8 Å². The number of carbonyl (C=O) groups excluding carboxylic acids is 1. The third-order valence-corrected chi connectivity index (χ3v) is 4.51. The molecule has 0 saturated heterocycles. The number of carbonyl (C=O) groups is 1. The number of aliphatic hydroxyl groups excluding tert-OH is 1. The van der Waals surface area contributed by atoms with Crippen LogP contribution in [0.3, 0.4) is 0 Å². The third kappa shape index (κ3) is 4.71. The van der Waals surface area contributed by atoms with Crippen LogP contribution in [0.5, 0.6) is 0 Å². The molecule has 2 unspecified atom stereocenters. The van der Waals surface area contributed by atoms with Crippen LogP contribution >= 0.6 is 0 Å². The van der Waals surface area contributed by atoms with Crippen molar-refractivity contribution in [2.45, 2.75) is 19.2 Å². The number of amides is 1. The van der Waals surface area contributed by atoms with Gasteiger partial charge in [0, 0.05) is 5.56 Å². The van der Waals surface area contributed by atoms with Gasteiger partial charge in [0.15, 0.2) is 0 Å². The van der Waals surface area contributed by atoms with Crippen LogP contribution in [0.15, 0.2) is 84.9 Å². The molecule has 0 aliphatic carbocycles. The lowest BCUT2D eigenvalue weighted by Gasteiger charge is -2.23. The zero-order valence-electron chi connectivity index (χ0n) is 15.6. The van der Waals surface area contributed by atoms with E-state index in [9.17, 15) is 9.90 Å². The summed E-state index contributed by atoms with van der Waals surface area (Å²) in [5.74, 6) is -0.397. The van der Waals surface area contributed by atoms with Gasteiger partial charge in [-0.2, -0.15) is 0 Å². The molecule has 0 saturated carbocycles. The Morgan fingerprint density at radius 2 is 1.46 bits per heavy atom. The summed E-state index contributed by atoms with van der Waals surface area (Å²) in [5, 5.41) is 24.5. The molecule has 2 atom stereocenters. The highest BCUT2D eigenvalue weighted by molar-refractivity contribution is 6.07. The molecule has 0 fully saturated rings. The zero-order valence-corrected chi connectivity index (χ0v) is 15.6. The molecule has 0 radical (unpaired) electrons. The second kappa shape index (κ2) is 9.08. The summed E-state index contributed by atoms with van der Waals surface area (Å²) in [6.45, 7) is 1.91. The summed E-state index contributed by atoms with van der Waals surface area (Å²) in [6, 6.07) is 24.8. The Bertz CT molecular complexity index is 942. The van der Waals surface area contributed by atoms with Gasteiger partial charge in [-0.1, -0.05) is 84.9 Å². The van der Waals surface area contributed by atoms with E-state index in [0.29, 0.717) is 16.7 Å². The van der Waals surface area contributed by atoms with Crippen LogP contribution in [0, 0.1) is 12.3 Å². The lowest BCUT2D eigenvalue weighted by atomic mass is 10.0. The van der Waals surface area contributed by atoms with Crippen LogP contribution < -0.4 is 10.6 Å². The van der Waals surface area contributed by atoms with Crippen molar-refractivity contribution in [2.75, 3.05) is 0 Å². The van der Waals surface area contributed by atoms with E-state index in [4.69, 9.17) is 5.41 Å². The first kappa shape index (κ1) is 19.5. The van der Waals surface area contributed by atoms with Gasteiger partial charge in [0.2, 0.25) is 5.91 Å². The first-order chi connectivity index (χ1) is 13.6. The van der Waals surface area contributed by atoms with Gasteiger partial charge in [-0.15, -0.1) is 0 Å². The number of nitrogens with one attached hydrogen (secondary N) is 3. The fourth-order valence-electron chi connectivity index (χ4n) is 2.98. The van der Waals surface area contributed by atoms with E-state index in [2.05, 4.69) is 10.6 Å². The fraction of sp³-hybridized carbons (Fsp3) is 0.130. The topological polar surface area (TPSA) is 85.2 Å². The van der Waals surface area contributed by atoms with E-state index in [-0.39, 0.29) is 5.84 Å². The molecule has 28 heavy (non-hydrogen) atoms. The minimum Gasteiger partial charge on any atom is -0.374 e. The van der Waals surface area contributed by atoms with Crippen molar-refractivity contribution in [1.29, 1.82) is 5.41 Å². The summed E-state index contributed by atoms with van der Waals surface area (Å²) in [7, 11) is 0. The van der Waals surface area contributed by atoms with E-state index in [1.165, 1.54) is 0 Å². The number of amidine groups is 1. The Labute approximate surface area is 164 Å². The van der Waals surface area contributed by atoms with Crippen molar-refractivity contribution in [3.8, 4) is 0 Å². The molecule has 0 spiro atoms. The quantitative estimate of drug-likeness (QED) is 0.303. The molecule has 5 heteroatoms. The molecule has 0 bridgehead atoms. The van der Waals surface area contributed by atoms with Crippen molar-refractivity contribution in [2.24, 2.45) is 0 Å². The van der Waals surface area contributed by atoms with Crippen LogP contribution in [0.25, 0.3) is 0 Å². The molecule has 4 N–H and O–H groups in total. The Balaban J connectivity index is 1.82. The fourth-order valence-corrected chi connectivity index (χ4v) is 2.98. The first-order valence-electron chi connectivity index (χ1n) is 9.05. The van der Waals surface area contributed by atoms with E-state index >= 15 is 0 Å². The second-order valence-electron chi connectivity index (χ2n) is 6.50. The Morgan fingerprint density at radius 1 is 0.893 bits per heavy atom. The van der Waals surface area contributed by atoms with Gasteiger partial charge in [-0.3, -0.25) is 15.5 Å². The standard InChI is InChI=1S/C23H23N3O2/c1-16-10-8-9-15-19(16)22(27)25-20(17-11-4-2-5-12-17)23(28)26-21(24)18-13-6-3-7-14-18/h2-15,20,22,25,27H,1H3,(H2,24,26,28). The molecule has 3 aromatic carbocycles. The summed E-state index contributed by atoms with van der Waals surface area (Å²) in [5.41, 5.74) is 2.94. The molecule has 3 aromatic rings. The Kier molecular flexibility index (Phi) is 6.32. The molecule has 0 heterocycles. The van der Waals surface area contributed by atoms with Gasteiger partial charge in [0.25, 0.3) is 0 Å². The first-order valence-corrected chi connectivity index (χ1v) is 9.05. The normalized spacial score (nSPS) is 12.8. The predicted molar refractivity (Wildman–Crippen MR) is 110 cm³/mol. The van der Waals surface area contributed by atoms with Crippen molar-refractivity contribution in [1.82, 2.24) is 10.6 Å². The molecule has 3 rings (SSSR count). The highest BCUT2D eigenvalue weighted by atomic mass is 16.3. The number of hydrogen-bond acceptors (Lipinski definition) is 4. The van der Waals surface area contributed by atoms with Gasteiger partial charge in [-0.25, -0.2) is 0 Å². The number of aryl methyl sites for hydroxylation is 1. The van der Waals surface area contributed by atoms with E-state index in [0.717, 1.165) is 5.56 Å². The minimum atomic E-state index is -1.02. The van der Waals surface area contributed by atoms with Gasteiger partial charge in [0.05, 0.1) is 0 Å². The monoisotopic (exact) mass is 373 g/mol. The summed E-state index contributed by atoms with van der Waals surface area (Å²) in [6.07, 6.45) is -1.02. The second-order valence-corrected chi connectivity index (χ2v) is 6.50. The molecular weight excluding hydrogens is 350 g/mol. The molecular formula is C23H23N3O2. The molecule has 0 aliphatic rings. The maximum absolute atomic E-state index is 13.0. The largest absolute Gasteiger partial charge is 0.374 e. The van der Waals surface area contributed by atoms with Crippen molar-refractivity contribution in [3.63, 3.8) is 0 Å². The highest BCUT2D eigenvalue weighted by Crippen LogP contribution is 2.21. The molecule has 0 aliphatic heterocycles. The van der Waals surface area contributed by atoms with Gasteiger partial charge < -0.3 is 10.4 Å². The third-order valence-electron chi connectivity index (χ3n) is 4.51. The van der Waals surface area contributed by atoms with Gasteiger partial charge >= 0.3 is 0 Å². The molecule has 1 amide bonds. The van der Waals surface area contributed by atoms with Crippen LogP contribution in [0.1, 0.15) is 34.5 Å². The summed E-state index contributed by atoms with van der Waals surface area (Å²) in [4.78, 5) is 13.0. The lowest BCUT2D eigenvalue weighted by molar-refractivity contribution is -0.122. The molecule has 0 aromatic heterocycles. The summed E-state index contributed by atoms with van der Waals surface area (Å²) < 4.78 is 0. The Morgan fingerprint density at radius 3 is 2.11 bits per heavy atom. The predicted octanol–water partition coefficient (Wildman–Crippen LogP) is 3.46. The van der Waals surface area contributed by atoms with Crippen LogP contribution in [-0.2, 0) is 4.79 Å². The number of rotatable bonds is 6. The number of benzene rings is 3. The minimum absolute atomic E-state index is 0.0127. The molecule has 5 nitrogen and oxygen atoms in total. The zero-order chi connectivity index (χ0) is 19.9. The highest BCUT2D eigenvalue weighted by Gasteiger charge is 2.25. The number of hydrogen-bond donors (Lipinski definition) is 4. The van der Waals surface area contributed by atoms with E-state index in [1.54, 1.807) is 12.1 Å². The van der Waals surface area contributed by atoms with Crippen molar-refractivity contribution < 1.29 is 9.90 Å². The SMILES string of the molecule is Cc1ccccc1C(O)NC(C(=O)NC(=N)c1ccccc1)c1ccccc1.